The predicted molar refractivity (Wildman–Crippen MR) is 246 cm³/mol. The standard InChI is InChI=1S/C47H35N7O7S3/c48-46(55)47(34-19-1-4-25-40(34)62(56,57)52-37-22-7-13-31-16-10-28-49-43(31)37,35-20-2-5-26-41(35)63(58,59)53-38-23-8-14-32-17-11-29-50-44(32)38)36-21-3-6-27-42(36)64(60,61)54-39-24-9-15-33-18-12-30-51-45(33)39/h1-30,52-54H,(H2,48,55). The molecular formula is C47H35N7O7S3. The highest BCUT2D eigenvalue weighted by molar-refractivity contribution is 7.93. The van der Waals surface area contributed by atoms with Gasteiger partial charge in [0, 0.05) is 34.7 Å². The molecule has 5 N–H and O–H groups in total. The van der Waals surface area contributed by atoms with Crippen LogP contribution < -0.4 is 19.9 Å². The first-order valence-corrected chi connectivity index (χ1v) is 23.9. The fourth-order valence-corrected chi connectivity index (χ4v) is 12.0. The molecule has 0 saturated carbocycles. The van der Waals surface area contributed by atoms with E-state index in [0.717, 1.165) is 0 Å². The van der Waals surface area contributed by atoms with Crippen molar-refractivity contribution in [3.63, 3.8) is 0 Å². The summed E-state index contributed by atoms with van der Waals surface area (Å²) in [5.74, 6) is -1.30. The second-order valence-electron chi connectivity index (χ2n) is 14.6. The van der Waals surface area contributed by atoms with Gasteiger partial charge in [0.25, 0.3) is 30.1 Å². The Morgan fingerprint density at radius 2 is 0.672 bits per heavy atom. The number of aromatic nitrogens is 3. The number of hydrogen-bond donors (Lipinski definition) is 4. The highest BCUT2D eigenvalue weighted by atomic mass is 32.2. The largest absolute Gasteiger partial charge is 0.368 e. The van der Waals surface area contributed by atoms with Crippen LogP contribution in [0.2, 0.25) is 0 Å². The van der Waals surface area contributed by atoms with Crippen LogP contribution in [0.3, 0.4) is 0 Å². The summed E-state index contributed by atoms with van der Waals surface area (Å²) in [5, 5.41) is 1.88. The molecule has 0 aliphatic heterocycles. The highest BCUT2D eigenvalue weighted by Crippen LogP contribution is 2.47. The lowest BCUT2D eigenvalue weighted by molar-refractivity contribution is -0.121. The Hall–Kier alpha value is -7.73. The van der Waals surface area contributed by atoms with Crippen molar-refractivity contribution < 1.29 is 30.0 Å². The fourth-order valence-electron chi connectivity index (χ4n) is 8.02. The third-order valence-electron chi connectivity index (χ3n) is 10.7. The van der Waals surface area contributed by atoms with Crippen molar-refractivity contribution in [2.45, 2.75) is 20.1 Å². The van der Waals surface area contributed by atoms with E-state index in [2.05, 4.69) is 29.1 Å². The second-order valence-corrected chi connectivity index (χ2v) is 19.5. The maximum atomic E-state index is 15.0. The van der Waals surface area contributed by atoms with Crippen LogP contribution in [0.15, 0.2) is 197 Å². The van der Waals surface area contributed by atoms with Gasteiger partial charge in [-0.3, -0.25) is 33.9 Å². The molecule has 0 saturated heterocycles. The topological polar surface area (TPSA) is 220 Å². The third-order valence-corrected chi connectivity index (χ3v) is 15.0. The first-order chi connectivity index (χ1) is 30.8. The smallest absolute Gasteiger partial charge is 0.262 e. The third kappa shape index (κ3) is 7.30. The number of amides is 1. The van der Waals surface area contributed by atoms with Crippen molar-refractivity contribution in [1.82, 2.24) is 15.0 Å². The van der Waals surface area contributed by atoms with Crippen molar-refractivity contribution >= 4 is 85.7 Å². The molecule has 0 spiro atoms. The van der Waals surface area contributed by atoms with Crippen LogP contribution in [0.4, 0.5) is 17.1 Å². The van der Waals surface area contributed by atoms with Gasteiger partial charge in [-0.05, 0) is 71.3 Å². The normalized spacial score (nSPS) is 12.2. The zero-order valence-electron chi connectivity index (χ0n) is 33.3. The van der Waals surface area contributed by atoms with Gasteiger partial charge < -0.3 is 5.73 Å². The molecule has 1 amide bonds. The Kier molecular flexibility index (Phi) is 10.5. The first-order valence-electron chi connectivity index (χ1n) is 19.5. The fraction of sp³-hybridized carbons (Fsp3) is 0.0213. The van der Waals surface area contributed by atoms with Crippen molar-refractivity contribution in [1.29, 1.82) is 0 Å². The molecule has 9 rings (SSSR count). The van der Waals surface area contributed by atoms with Crippen LogP contribution in [0.5, 0.6) is 0 Å². The zero-order valence-corrected chi connectivity index (χ0v) is 35.8. The quantitative estimate of drug-likeness (QED) is 0.0832. The Morgan fingerprint density at radius 3 is 0.969 bits per heavy atom. The van der Waals surface area contributed by atoms with E-state index < -0.39 is 56.1 Å². The minimum Gasteiger partial charge on any atom is -0.368 e. The lowest BCUT2D eigenvalue weighted by Gasteiger charge is -2.36. The maximum Gasteiger partial charge on any atom is 0.262 e. The van der Waals surface area contributed by atoms with Gasteiger partial charge in [0.05, 0.1) is 48.3 Å². The van der Waals surface area contributed by atoms with Gasteiger partial charge in [0.15, 0.2) is 0 Å². The highest BCUT2D eigenvalue weighted by Gasteiger charge is 2.50. The molecule has 0 unspecified atom stereocenters. The monoisotopic (exact) mass is 905 g/mol. The van der Waals surface area contributed by atoms with Crippen molar-refractivity contribution in [2.24, 2.45) is 5.73 Å². The van der Waals surface area contributed by atoms with Crippen molar-refractivity contribution in [3.8, 4) is 0 Å². The number of fused-ring (bicyclic) bond motifs is 3. The molecule has 3 aromatic heterocycles. The van der Waals surface area contributed by atoms with Gasteiger partial charge in [-0.15, -0.1) is 0 Å². The van der Waals surface area contributed by atoms with Gasteiger partial charge >= 0.3 is 0 Å². The molecular weight excluding hydrogens is 871 g/mol. The molecule has 0 atom stereocenters. The van der Waals surface area contributed by atoms with Gasteiger partial charge in [-0.1, -0.05) is 109 Å². The molecule has 0 radical (unpaired) electrons. The summed E-state index contributed by atoms with van der Waals surface area (Å²) in [6.45, 7) is 0. The minimum atomic E-state index is -4.75. The van der Waals surface area contributed by atoms with E-state index in [-0.39, 0.29) is 33.8 Å². The summed E-state index contributed by atoms with van der Waals surface area (Å²) in [6, 6.07) is 41.3. The average molecular weight is 906 g/mol. The molecule has 64 heavy (non-hydrogen) atoms. The Bertz CT molecular complexity index is 3280. The van der Waals surface area contributed by atoms with E-state index in [9.17, 15) is 25.3 Å². The number of pyridine rings is 3. The number of nitrogens with one attached hydrogen (secondary N) is 3. The number of anilines is 3. The lowest BCUT2D eigenvalue weighted by Crippen LogP contribution is -2.46. The van der Waals surface area contributed by atoms with Crippen LogP contribution in [0.1, 0.15) is 16.7 Å². The van der Waals surface area contributed by atoms with E-state index in [0.29, 0.717) is 32.7 Å². The Balaban J connectivity index is 1.32. The zero-order chi connectivity index (χ0) is 44.7. The first kappa shape index (κ1) is 41.6. The van der Waals surface area contributed by atoms with Crippen LogP contribution >= 0.6 is 0 Å². The molecule has 0 aliphatic rings. The summed E-state index contributed by atoms with van der Waals surface area (Å²) in [7, 11) is -14.3. The Labute approximate surface area is 368 Å². The molecule has 0 fully saturated rings. The van der Waals surface area contributed by atoms with E-state index in [1.54, 1.807) is 72.8 Å². The number of benzene rings is 6. The Morgan fingerprint density at radius 1 is 0.391 bits per heavy atom. The summed E-state index contributed by atoms with van der Waals surface area (Å²) in [6.07, 6.45) is 4.52. The number of rotatable bonds is 13. The number of sulfonamides is 3. The minimum absolute atomic E-state index is 0.101. The molecule has 17 heteroatoms. The second kappa shape index (κ2) is 16.2. The van der Waals surface area contributed by atoms with Crippen LogP contribution in [0, 0.1) is 0 Å². The average Bonchev–Trinajstić information content (AvgIpc) is 3.30. The number of carbonyl (C=O) groups is 1. The summed E-state index contributed by atoms with van der Waals surface area (Å²) >= 11 is 0. The van der Waals surface area contributed by atoms with E-state index in [1.165, 1.54) is 110 Å². The number of para-hydroxylation sites is 3. The van der Waals surface area contributed by atoms with Gasteiger partial charge in [0.2, 0.25) is 5.91 Å². The van der Waals surface area contributed by atoms with Crippen LogP contribution in [-0.4, -0.2) is 46.1 Å². The molecule has 0 bridgehead atoms. The summed E-state index contributed by atoms with van der Waals surface area (Å²) in [5.41, 5.74) is 4.09. The molecule has 6 aromatic carbocycles. The van der Waals surface area contributed by atoms with E-state index in [4.69, 9.17) is 5.73 Å². The number of hydrogen-bond acceptors (Lipinski definition) is 10. The maximum absolute atomic E-state index is 15.0. The van der Waals surface area contributed by atoms with Crippen molar-refractivity contribution in [2.75, 3.05) is 14.2 Å². The predicted octanol–water partition coefficient (Wildman–Crippen LogP) is 7.55. The molecule has 14 nitrogen and oxygen atoms in total. The number of primary amides is 1. The molecule has 318 valence electrons. The number of carbonyl (C=O) groups excluding carboxylic acids is 1. The van der Waals surface area contributed by atoms with E-state index in [1.807, 2.05) is 0 Å². The van der Waals surface area contributed by atoms with E-state index >= 15 is 4.79 Å². The van der Waals surface area contributed by atoms with Crippen LogP contribution in [-0.2, 0) is 40.3 Å². The number of nitrogens with two attached hydrogens (primary N) is 1. The summed E-state index contributed by atoms with van der Waals surface area (Å²) < 4.78 is 97.4. The number of nitrogens with zero attached hydrogens (tertiary/aromatic N) is 3. The van der Waals surface area contributed by atoms with Crippen LogP contribution in [0.25, 0.3) is 32.7 Å². The van der Waals surface area contributed by atoms with Crippen molar-refractivity contribution in [3.05, 3.63) is 199 Å². The van der Waals surface area contributed by atoms with Gasteiger partial charge in [-0.2, -0.15) is 0 Å². The summed E-state index contributed by atoms with van der Waals surface area (Å²) in [4.78, 5) is 26.6. The molecule has 3 heterocycles. The van der Waals surface area contributed by atoms with Gasteiger partial charge in [-0.25, -0.2) is 25.3 Å². The SMILES string of the molecule is NC(=O)C(c1ccccc1S(=O)(=O)Nc1cccc2cccnc12)(c1ccccc1S(=O)(=O)Nc1cccc2cccnc12)c1ccccc1S(=O)(=O)Nc1cccc2cccnc12. The molecule has 0 aliphatic carbocycles. The van der Waals surface area contributed by atoms with Gasteiger partial charge in [0.1, 0.15) is 5.41 Å². The lowest BCUT2D eigenvalue weighted by atomic mass is 9.68. The molecule has 9 aromatic rings.